The third kappa shape index (κ3) is 3.26. The second-order valence-electron chi connectivity index (χ2n) is 3.79. The van der Waals surface area contributed by atoms with Gasteiger partial charge in [0, 0.05) is 12.5 Å². The zero-order valence-electron chi connectivity index (χ0n) is 10.1. The minimum atomic E-state index is -0.549. The van der Waals surface area contributed by atoms with Gasteiger partial charge in [-0.3, -0.25) is 4.79 Å². The van der Waals surface area contributed by atoms with Gasteiger partial charge in [-0.1, -0.05) is 17.7 Å². The van der Waals surface area contributed by atoms with Crippen LogP contribution in [0.3, 0.4) is 0 Å². The lowest BCUT2D eigenvalue weighted by molar-refractivity contribution is 0.0987. The first-order chi connectivity index (χ1) is 9.10. The number of nitrogens with zero attached hydrogens (tertiary/aromatic N) is 2. The van der Waals surface area contributed by atoms with Crippen molar-refractivity contribution in [2.24, 2.45) is 0 Å². The van der Waals surface area contributed by atoms with Gasteiger partial charge in [0.25, 0.3) is 0 Å². The maximum Gasteiger partial charge on any atom is 0.216 e. The van der Waals surface area contributed by atoms with Crippen molar-refractivity contribution < 1.29 is 13.9 Å². The number of halogens is 2. The van der Waals surface area contributed by atoms with E-state index in [2.05, 4.69) is 9.97 Å². The van der Waals surface area contributed by atoms with Gasteiger partial charge in [0.1, 0.15) is 17.8 Å². The average molecular weight is 281 g/mol. The van der Waals surface area contributed by atoms with Crippen molar-refractivity contribution in [2.75, 3.05) is 7.11 Å². The summed E-state index contributed by atoms with van der Waals surface area (Å²) in [5, 5.41) is 0.0277. The number of ether oxygens (including phenoxy) is 1. The topological polar surface area (TPSA) is 52.1 Å². The third-order valence-electron chi connectivity index (χ3n) is 2.49. The number of rotatable bonds is 4. The normalized spacial score (nSPS) is 10.3. The van der Waals surface area contributed by atoms with E-state index in [1.807, 2.05) is 0 Å². The van der Waals surface area contributed by atoms with Crippen LogP contribution in [0.25, 0.3) is 0 Å². The van der Waals surface area contributed by atoms with Crippen molar-refractivity contribution in [3.63, 3.8) is 0 Å². The highest BCUT2D eigenvalue weighted by atomic mass is 35.5. The number of ketones is 1. The summed E-state index contributed by atoms with van der Waals surface area (Å²) in [6, 6.07) is 5.69. The fraction of sp³-hybridized carbons (Fsp3) is 0.154. The quantitative estimate of drug-likeness (QED) is 0.808. The highest BCUT2D eigenvalue weighted by Crippen LogP contribution is 2.17. The van der Waals surface area contributed by atoms with Crippen LogP contribution in [0.15, 0.2) is 30.6 Å². The molecule has 0 unspecified atom stereocenters. The van der Waals surface area contributed by atoms with Crippen molar-refractivity contribution in [1.29, 1.82) is 0 Å². The lowest BCUT2D eigenvalue weighted by Crippen LogP contribution is -2.07. The number of hydrogen-bond donors (Lipinski definition) is 0. The van der Waals surface area contributed by atoms with E-state index < -0.39 is 5.82 Å². The fourth-order valence-electron chi connectivity index (χ4n) is 1.53. The van der Waals surface area contributed by atoms with Crippen LogP contribution in [-0.4, -0.2) is 22.9 Å². The second-order valence-corrected chi connectivity index (χ2v) is 4.20. The molecule has 0 bridgehead atoms. The molecule has 1 aromatic heterocycles. The van der Waals surface area contributed by atoms with Crippen LogP contribution in [0, 0.1) is 5.82 Å². The summed E-state index contributed by atoms with van der Waals surface area (Å²) in [6.07, 6.45) is 1.28. The average Bonchev–Trinajstić information content (AvgIpc) is 2.43. The molecule has 0 aliphatic rings. The van der Waals surface area contributed by atoms with Crippen LogP contribution in [0.1, 0.15) is 16.1 Å². The van der Waals surface area contributed by atoms with Crippen LogP contribution in [0.2, 0.25) is 5.02 Å². The molecule has 2 aromatic rings. The molecule has 1 heterocycles. The molecule has 0 amide bonds. The zero-order chi connectivity index (χ0) is 13.8. The lowest BCUT2D eigenvalue weighted by Gasteiger charge is -2.03. The Balaban J connectivity index is 2.18. The van der Waals surface area contributed by atoms with Crippen LogP contribution in [0.4, 0.5) is 4.39 Å². The van der Waals surface area contributed by atoms with Gasteiger partial charge in [-0.25, -0.2) is 14.4 Å². The highest BCUT2D eigenvalue weighted by molar-refractivity contribution is 6.30. The summed E-state index contributed by atoms with van der Waals surface area (Å²) in [6.45, 7) is 0. The predicted octanol–water partition coefficient (Wildman–Crippen LogP) is 2.70. The maximum absolute atomic E-state index is 13.3. The summed E-state index contributed by atoms with van der Waals surface area (Å²) in [4.78, 5) is 19.7. The molecule has 0 saturated carbocycles. The Bertz CT molecular complexity index is 619. The molecule has 0 saturated heterocycles. The Morgan fingerprint density at radius 3 is 2.84 bits per heavy atom. The minimum Gasteiger partial charge on any atom is -0.481 e. The van der Waals surface area contributed by atoms with Crippen LogP contribution in [0.5, 0.6) is 5.88 Å². The van der Waals surface area contributed by atoms with Gasteiger partial charge in [0.05, 0.1) is 12.1 Å². The standard InChI is InChI=1S/C13H10ClFN2O2/c1-19-13-6-11(16-7-17-13)12(18)5-8-2-3-9(14)10(15)4-8/h2-4,6-7H,5H2,1H3. The van der Waals surface area contributed by atoms with Gasteiger partial charge in [0.15, 0.2) is 5.78 Å². The number of methoxy groups -OCH3 is 1. The van der Waals surface area contributed by atoms with E-state index in [-0.39, 0.29) is 22.9 Å². The Labute approximate surface area is 114 Å². The first-order valence-electron chi connectivity index (χ1n) is 5.43. The van der Waals surface area contributed by atoms with Crippen LogP contribution in [-0.2, 0) is 6.42 Å². The van der Waals surface area contributed by atoms with E-state index >= 15 is 0 Å². The van der Waals surface area contributed by atoms with Crippen molar-refractivity contribution in [3.8, 4) is 5.88 Å². The van der Waals surface area contributed by atoms with Gasteiger partial charge in [-0.15, -0.1) is 0 Å². The van der Waals surface area contributed by atoms with E-state index in [1.54, 1.807) is 6.07 Å². The summed E-state index contributed by atoms with van der Waals surface area (Å²) < 4.78 is 18.2. The summed E-state index contributed by atoms with van der Waals surface area (Å²) in [5.74, 6) is -0.490. The van der Waals surface area contributed by atoms with E-state index in [9.17, 15) is 9.18 Å². The molecule has 1 aromatic carbocycles. The van der Waals surface area contributed by atoms with Crippen LogP contribution < -0.4 is 4.74 Å². The number of aromatic nitrogens is 2. The summed E-state index contributed by atoms with van der Waals surface area (Å²) >= 11 is 5.58. The molecule has 0 aliphatic carbocycles. The molecular formula is C13H10ClFN2O2. The van der Waals surface area contributed by atoms with E-state index in [0.29, 0.717) is 11.4 Å². The molecule has 2 rings (SSSR count). The minimum absolute atomic E-state index is 0.0277. The number of benzene rings is 1. The van der Waals surface area contributed by atoms with Crippen molar-refractivity contribution in [1.82, 2.24) is 9.97 Å². The molecule has 0 spiro atoms. The van der Waals surface area contributed by atoms with Gasteiger partial charge in [-0.2, -0.15) is 0 Å². The monoisotopic (exact) mass is 280 g/mol. The molecule has 6 heteroatoms. The largest absolute Gasteiger partial charge is 0.481 e. The van der Waals surface area contributed by atoms with Crippen molar-refractivity contribution in [3.05, 3.63) is 52.7 Å². The molecule has 0 atom stereocenters. The Morgan fingerprint density at radius 1 is 1.37 bits per heavy atom. The SMILES string of the molecule is COc1cc(C(=O)Cc2ccc(Cl)c(F)c2)ncn1. The van der Waals surface area contributed by atoms with E-state index in [4.69, 9.17) is 16.3 Å². The lowest BCUT2D eigenvalue weighted by atomic mass is 10.1. The molecule has 0 radical (unpaired) electrons. The number of carbonyl (C=O) groups excluding carboxylic acids is 1. The Morgan fingerprint density at radius 2 is 2.16 bits per heavy atom. The van der Waals surface area contributed by atoms with Gasteiger partial charge in [-0.05, 0) is 17.7 Å². The van der Waals surface area contributed by atoms with E-state index in [1.165, 1.54) is 31.6 Å². The fourth-order valence-corrected chi connectivity index (χ4v) is 1.65. The zero-order valence-corrected chi connectivity index (χ0v) is 10.8. The summed E-state index contributed by atoms with van der Waals surface area (Å²) in [7, 11) is 1.45. The predicted molar refractivity (Wildman–Crippen MR) is 68.0 cm³/mol. The number of carbonyl (C=O) groups is 1. The molecule has 0 fully saturated rings. The molecule has 19 heavy (non-hydrogen) atoms. The van der Waals surface area contributed by atoms with Gasteiger partial charge < -0.3 is 4.74 Å². The smallest absolute Gasteiger partial charge is 0.216 e. The molecule has 0 aliphatic heterocycles. The summed E-state index contributed by atoms with van der Waals surface area (Å²) in [5.41, 5.74) is 0.756. The van der Waals surface area contributed by atoms with Gasteiger partial charge >= 0.3 is 0 Å². The number of hydrogen-bond acceptors (Lipinski definition) is 4. The van der Waals surface area contributed by atoms with Crippen molar-refractivity contribution >= 4 is 17.4 Å². The third-order valence-corrected chi connectivity index (χ3v) is 2.79. The molecule has 98 valence electrons. The molecule has 0 N–H and O–H groups in total. The Kier molecular flexibility index (Phi) is 4.06. The van der Waals surface area contributed by atoms with Crippen molar-refractivity contribution in [2.45, 2.75) is 6.42 Å². The maximum atomic E-state index is 13.3. The van der Waals surface area contributed by atoms with E-state index in [0.717, 1.165) is 0 Å². The molecular weight excluding hydrogens is 271 g/mol. The molecule has 4 nitrogen and oxygen atoms in total. The highest BCUT2D eigenvalue weighted by Gasteiger charge is 2.11. The Hall–Kier alpha value is -2.01. The first kappa shape index (κ1) is 13.4. The van der Waals surface area contributed by atoms with Crippen LogP contribution >= 0.6 is 11.6 Å². The second kappa shape index (κ2) is 5.75. The first-order valence-corrected chi connectivity index (χ1v) is 5.81. The number of Topliss-reactive ketones (excluding diaryl/α,β-unsaturated/α-hetero) is 1. The van der Waals surface area contributed by atoms with Gasteiger partial charge in [0.2, 0.25) is 5.88 Å².